The van der Waals surface area contributed by atoms with Gasteiger partial charge in [-0.1, -0.05) is 0 Å². The molecule has 3 heteroatoms. The van der Waals surface area contributed by atoms with E-state index in [0.29, 0.717) is 0 Å². The predicted octanol–water partition coefficient (Wildman–Crippen LogP) is 1.19. The summed E-state index contributed by atoms with van der Waals surface area (Å²) >= 11 is 4.02. The summed E-state index contributed by atoms with van der Waals surface area (Å²) < 4.78 is 0. The van der Waals surface area contributed by atoms with E-state index in [-0.39, 0.29) is 5.37 Å². The van der Waals surface area contributed by atoms with Gasteiger partial charge < -0.3 is 5.21 Å². The maximum absolute atomic E-state index is 10.5. The minimum Gasteiger partial charge on any atom is -0.576 e. The number of rotatable bonds is 0. The molecule has 1 aliphatic rings. The fraction of sp³-hybridized carbons (Fsp3) is 0.600. The first kappa shape index (κ1) is 6.13. The summed E-state index contributed by atoms with van der Waals surface area (Å²) in [4.78, 5) is 0. The summed E-state index contributed by atoms with van der Waals surface area (Å²) in [5.41, 5.74) is 0. The first-order valence-corrected chi connectivity index (χ1v) is 3.12. The van der Waals surface area contributed by atoms with Crippen molar-refractivity contribution in [3.63, 3.8) is 0 Å². The van der Waals surface area contributed by atoms with Gasteiger partial charge in [-0.15, -0.1) is 12.6 Å². The lowest BCUT2D eigenvalue weighted by Crippen LogP contribution is -2.27. The zero-order valence-corrected chi connectivity index (χ0v) is 5.34. The molecule has 1 heterocycles. The second kappa shape index (κ2) is 2.53. The van der Waals surface area contributed by atoms with Gasteiger partial charge in [-0.25, -0.2) is 0 Å². The lowest BCUT2D eigenvalue weighted by molar-refractivity contribution is 0.559. The van der Waals surface area contributed by atoms with Gasteiger partial charge >= 0.3 is 0 Å². The maximum atomic E-state index is 10.5. The molecule has 45 valence electrons. The van der Waals surface area contributed by atoms with E-state index in [2.05, 4.69) is 12.6 Å². The third-order valence-electron chi connectivity index (χ3n) is 1.14. The van der Waals surface area contributed by atoms with Crippen LogP contribution in [0, 0.1) is 5.21 Å². The number of thiol groups is 1. The Morgan fingerprint density at radius 2 is 2.50 bits per heavy atom. The van der Waals surface area contributed by atoms with Crippen molar-refractivity contribution in [1.82, 2.24) is 5.06 Å². The monoisotopic (exact) mass is 130 g/mol. The van der Waals surface area contributed by atoms with Crippen molar-refractivity contribution < 1.29 is 0 Å². The maximum Gasteiger partial charge on any atom is 0.181 e. The van der Waals surface area contributed by atoms with E-state index in [1.165, 1.54) is 6.20 Å². The Morgan fingerprint density at radius 3 is 2.88 bits per heavy atom. The molecule has 8 heavy (non-hydrogen) atoms. The number of hydrogen-bond acceptors (Lipinski definition) is 3. The molecule has 1 atom stereocenters. The molecule has 0 fully saturated rings. The molecule has 0 saturated heterocycles. The van der Waals surface area contributed by atoms with Crippen LogP contribution in [0.2, 0.25) is 0 Å². The molecule has 0 aliphatic carbocycles. The summed E-state index contributed by atoms with van der Waals surface area (Å²) in [6, 6.07) is 0. The molecule has 0 spiro atoms. The van der Waals surface area contributed by atoms with Crippen LogP contribution in [0.5, 0.6) is 0 Å². The molecular formula is C5H8NOS. The van der Waals surface area contributed by atoms with Gasteiger partial charge in [0.2, 0.25) is 0 Å². The van der Waals surface area contributed by atoms with E-state index >= 15 is 0 Å². The van der Waals surface area contributed by atoms with E-state index in [1.807, 2.05) is 6.08 Å². The summed E-state index contributed by atoms with van der Waals surface area (Å²) in [5, 5.41) is 11.3. The first-order chi connectivity index (χ1) is 3.80. The lowest BCUT2D eigenvalue weighted by atomic mass is 10.2. The Kier molecular flexibility index (Phi) is 1.94. The lowest BCUT2D eigenvalue weighted by Gasteiger charge is -2.18. The van der Waals surface area contributed by atoms with Gasteiger partial charge in [-0.05, 0) is 12.5 Å². The summed E-state index contributed by atoms with van der Waals surface area (Å²) in [7, 11) is 0. The fourth-order valence-corrected chi connectivity index (χ4v) is 0.876. The number of nitrogens with zero attached hydrogens (tertiary/aromatic N) is 1. The molecule has 2 nitrogen and oxygen atoms in total. The minimum absolute atomic E-state index is 0.111. The molecule has 0 amide bonds. The molecule has 1 radical (unpaired) electrons. The molecule has 1 aliphatic heterocycles. The van der Waals surface area contributed by atoms with E-state index in [4.69, 9.17) is 0 Å². The Hall–Kier alpha value is 0.01000. The van der Waals surface area contributed by atoms with E-state index in [0.717, 1.165) is 17.9 Å². The highest BCUT2D eigenvalue weighted by molar-refractivity contribution is 7.80. The van der Waals surface area contributed by atoms with Crippen molar-refractivity contribution in [3.8, 4) is 0 Å². The van der Waals surface area contributed by atoms with Crippen molar-refractivity contribution in [2.24, 2.45) is 0 Å². The van der Waals surface area contributed by atoms with Crippen molar-refractivity contribution in [1.29, 1.82) is 0 Å². The van der Waals surface area contributed by atoms with Gasteiger partial charge in [-0.2, -0.15) is 5.06 Å². The van der Waals surface area contributed by atoms with Crippen LogP contribution in [0.25, 0.3) is 0 Å². The Morgan fingerprint density at radius 1 is 1.75 bits per heavy atom. The van der Waals surface area contributed by atoms with Crippen molar-refractivity contribution in [3.05, 3.63) is 17.5 Å². The highest BCUT2D eigenvalue weighted by atomic mass is 32.1. The molecule has 1 rings (SSSR count). The van der Waals surface area contributed by atoms with Crippen molar-refractivity contribution in [2.45, 2.75) is 18.2 Å². The van der Waals surface area contributed by atoms with Crippen molar-refractivity contribution in [2.75, 3.05) is 0 Å². The van der Waals surface area contributed by atoms with Gasteiger partial charge in [0.15, 0.2) is 5.37 Å². The van der Waals surface area contributed by atoms with Gasteiger partial charge in [0.05, 0.1) is 0 Å². The molecule has 0 N–H and O–H groups in total. The van der Waals surface area contributed by atoms with Crippen LogP contribution >= 0.6 is 12.6 Å². The average molecular weight is 130 g/mol. The standard InChI is InChI=1S/C5H8NOS/c7-6-4-2-1-3-5(6)8/h2,4-5,8H,1,3H2. The Labute approximate surface area is 54.2 Å². The largest absolute Gasteiger partial charge is 0.576 e. The normalized spacial score (nSPS) is 31.0. The highest BCUT2D eigenvalue weighted by Gasteiger charge is 2.15. The zero-order valence-electron chi connectivity index (χ0n) is 4.45. The Bertz CT molecular complexity index is 105. The molecule has 0 bridgehead atoms. The van der Waals surface area contributed by atoms with Gasteiger partial charge in [-0.3, -0.25) is 0 Å². The molecular weight excluding hydrogens is 122 g/mol. The van der Waals surface area contributed by atoms with Crippen LogP contribution in [-0.2, 0) is 0 Å². The summed E-state index contributed by atoms with van der Waals surface area (Å²) in [5.74, 6) is 0. The van der Waals surface area contributed by atoms with E-state index in [9.17, 15) is 5.21 Å². The van der Waals surface area contributed by atoms with Gasteiger partial charge in [0, 0.05) is 6.42 Å². The average Bonchev–Trinajstić information content (AvgIpc) is 1.77. The fourth-order valence-electron chi connectivity index (χ4n) is 0.650. The number of hydrogen-bond donors (Lipinski definition) is 1. The minimum atomic E-state index is -0.111. The van der Waals surface area contributed by atoms with E-state index in [1.54, 1.807) is 0 Å². The van der Waals surface area contributed by atoms with Gasteiger partial charge in [0.25, 0.3) is 0 Å². The van der Waals surface area contributed by atoms with Gasteiger partial charge in [0.1, 0.15) is 6.20 Å². The highest BCUT2D eigenvalue weighted by Crippen LogP contribution is 2.12. The first-order valence-electron chi connectivity index (χ1n) is 2.61. The van der Waals surface area contributed by atoms with Crippen LogP contribution in [-0.4, -0.2) is 5.37 Å². The third kappa shape index (κ3) is 1.24. The van der Waals surface area contributed by atoms with Crippen molar-refractivity contribution >= 4 is 12.6 Å². The molecule has 0 saturated carbocycles. The molecule has 1 unspecified atom stereocenters. The molecule has 0 aromatic rings. The Balaban J connectivity index is 2.47. The number of hydroxylamine groups is 2. The smallest absolute Gasteiger partial charge is 0.181 e. The zero-order chi connectivity index (χ0) is 5.98. The quantitative estimate of drug-likeness (QED) is 0.298. The SMILES string of the molecule is [O-][N+]1C=CCCC1S. The second-order valence-electron chi connectivity index (χ2n) is 1.80. The molecule has 0 aromatic carbocycles. The topological polar surface area (TPSA) is 29.0 Å². The van der Waals surface area contributed by atoms with Crippen LogP contribution in [0.4, 0.5) is 0 Å². The van der Waals surface area contributed by atoms with Crippen LogP contribution in [0.1, 0.15) is 12.8 Å². The third-order valence-corrected chi connectivity index (χ3v) is 1.62. The summed E-state index contributed by atoms with van der Waals surface area (Å²) in [6.07, 6.45) is 5.23. The van der Waals surface area contributed by atoms with Crippen LogP contribution in [0.15, 0.2) is 12.3 Å². The molecule has 0 aromatic heterocycles. The van der Waals surface area contributed by atoms with Crippen LogP contribution in [0.3, 0.4) is 0 Å². The summed E-state index contributed by atoms with van der Waals surface area (Å²) in [6.45, 7) is 0. The predicted molar refractivity (Wildman–Crippen MR) is 36.6 cm³/mol. The second-order valence-corrected chi connectivity index (χ2v) is 2.40. The number of allylic oxidation sites excluding steroid dienone is 1. The van der Waals surface area contributed by atoms with E-state index < -0.39 is 0 Å². The van der Waals surface area contributed by atoms with Crippen LogP contribution < -0.4 is 5.06 Å².